The SMILES string of the molecule is CC(=O)Nc1cccc(Nc2nncc(Nc3ccc(C(C)C)cc3)n2)c1. The zero-order valence-electron chi connectivity index (χ0n) is 15.5. The van der Waals surface area contributed by atoms with Crippen LogP contribution in [0.15, 0.2) is 54.7 Å². The molecule has 0 saturated heterocycles. The number of hydrogen-bond acceptors (Lipinski definition) is 6. The van der Waals surface area contributed by atoms with E-state index in [0.717, 1.165) is 11.4 Å². The van der Waals surface area contributed by atoms with Crippen molar-refractivity contribution >= 4 is 34.7 Å². The molecule has 1 amide bonds. The molecule has 0 aliphatic carbocycles. The third-order valence-electron chi connectivity index (χ3n) is 3.85. The number of nitrogens with zero attached hydrogens (tertiary/aromatic N) is 3. The number of carbonyl (C=O) groups excluding carboxylic acids is 1. The molecular formula is C20H22N6O. The van der Waals surface area contributed by atoms with Crippen molar-refractivity contribution in [3.8, 4) is 0 Å². The van der Waals surface area contributed by atoms with E-state index in [1.165, 1.54) is 12.5 Å². The van der Waals surface area contributed by atoms with E-state index in [1.54, 1.807) is 12.3 Å². The highest BCUT2D eigenvalue weighted by Crippen LogP contribution is 2.21. The first kappa shape index (κ1) is 18.3. The van der Waals surface area contributed by atoms with Crippen LogP contribution in [0.1, 0.15) is 32.3 Å². The number of anilines is 5. The van der Waals surface area contributed by atoms with E-state index in [4.69, 9.17) is 0 Å². The lowest BCUT2D eigenvalue weighted by Crippen LogP contribution is -2.06. The smallest absolute Gasteiger partial charge is 0.249 e. The fraction of sp³-hybridized carbons (Fsp3) is 0.200. The summed E-state index contributed by atoms with van der Waals surface area (Å²) in [5.74, 6) is 1.31. The van der Waals surface area contributed by atoms with Gasteiger partial charge in [-0.3, -0.25) is 4.79 Å². The number of carbonyl (C=O) groups is 1. The van der Waals surface area contributed by atoms with Gasteiger partial charge in [-0.05, 0) is 41.8 Å². The minimum Gasteiger partial charge on any atom is -0.339 e. The maximum Gasteiger partial charge on any atom is 0.249 e. The Morgan fingerprint density at radius 3 is 2.41 bits per heavy atom. The van der Waals surface area contributed by atoms with Gasteiger partial charge in [0, 0.05) is 24.0 Å². The number of aromatic nitrogens is 3. The summed E-state index contributed by atoms with van der Waals surface area (Å²) in [5.41, 5.74) is 3.66. The Labute approximate surface area is 158 Å². The lowest BCUT2D eigenvalue weighted by Gasteiger charge is -2.10. The first-order valence-electron chi connectivity index (χ1n) is 8.71. The van der Waals surface area contributed by atoms with Gasteiger partial charge in [0.1, 0.15) is 0 Å². The van der Waals surface area contributed by atoms with E-state index in [1.807, 2.05) is 30.3 Å². The second kappa shape index (κ2) is 8.27. The van der Waals surface area contributed by atoms with Gasteiger partial charge in [-0.1, -0.05) is 32.0 Å². The predicted octanol–water partition coefficient (Wildman–Crippen LogP) is 4.44. The largest absolute Gasteiger partial charge is 0.339 e. The van der Waals surface area contributed by atoms with Gasteiger partial charge in [0.05, 0.1) is 6.20 Å². The molecular weight excluding hydrogens is 340 g/mol. The quantitative estimate of drug-likeness (QED) is 0.600. The van der Waals surface area contributed by atoms with Crippen LogP contribution in [-0.2, 0) is 4.79 Å². The molecule has 2 aromatic carbocycles. The van der Waals surface area contributed by atoms with Crippen LogP contribution < -0.4 is 16.0 Å². The molecule has 138 valence electrons. The van der Waals surface area contributed by atoms with Crippen LogP contribution in [0, 0.1) is 0 Å². The van der Waals surface area contributed by atoms with Gasteiger partial charge in [-0.2, -0.15) is 10.1 Å². The van der Waals surface area contributed by atoms with E-state index in [0.29, 0.717) is 23.4 Å². The minimum atomic E-state index is -0.125. The Morgan fingerprint density at radius 1 is 0.963 bits per heavy atom. The lowest BCUT2D eigenvalue weighted by molar-refractivity contribution is -0.114. The van der Waals surface area contributed by atoms with Gasteiger partial charge in [0.15, 0.2) is 5.82 Å². The number of hydrogen-bond donors (Lipinski definition) is 3. The zero-order valence-corrected chi connectivity index (χ0v) is 15.5. The predicted molar refractivity (Wildman–Crippen MR) is 108 cm³/mol. The van der Waals surface area contributed by atoms with Crippen LogP contribution >= 0.6 is 0 Å². The molecule has 0 saturated carbocycles. The van der Waals surface area contributed by atoms with E-state index in [-0.39, 0.29) is 5.91 Å². The minimum absolute atomic E-state index is 0.125. The van der Waals surface area contributed by atoms with E-state index < -0.39 is 0 Å². The Morgan fingerprint density at radius 2 is 1.70 bits per heavy atom. The molecule has 3 aromatic rings. The molecule has 27 heavy (non-hydrogen) atoms. The fourth-order valence-corrected chi connectivity index (χ4v) is 2.52. The summed E-state index contributed by atoms with van der Waals surface area (Å²) in [5, 5.41) is 17.0. The lowest BCUT2D eigenvalue weighted by atomic mass is 10.0. The van der Waals surface area contributed by atoms with E-state index in [2.05, 4.69) is 57.1 Å². The van der Waals surface area contributed by atoms with Crippen molar-refractivity contribution in [2.24, 2.45) is 0 Å². The van der Waals surface area contributed by atoms with Crippen molar-refractivity contribution in [1.29, 1.82) is 0 Å². The first-order valence-corrected chi connectivity index (χ1v) is 8.71. The van der Waals surface area contributed by atoms with Crippen LogP contribution in [0.2, 0.25) is 0 Å². The summed E-state index contributed by atoms with van der Waals surface area (Å²) in [6, 6.07) is 15.5. The second-order valence-corrected chi connectivity index (χ2v) is 6.45. The van der Waals surface area contributed by atoms with Crippen LogP contribution in [0.25, 0.3) is 0 Å². The van der Waals surface area contributed by atoms with Crippen molar-refractivity contribution in [3.63, 3.8) is 0 Å². The fourth-order valence-electron chi connectivity index (χ4n) is 2.52. The average molecular weight is 362 g/mol. The summed E-state index contributed by atoms with van der Waals surface area (Å²) >= 11 is 0. The summed E-state index contributed by atoms with van der Waals surface area (Å²) in [6.45, 7) is 5.79. The second-order valence-electron chi connectivity index (χ2n) is 6.45. The number of benzene rings is 2. The molecule has 1 heterocycles. The van der Waals surface area contributed by atoms with E-state index in [9.17, 15) is 4.79 Å². The maximum atomic E-state index is 11.2. The van der Waals surface area contributed by atoms with Gasteiger partial charge in [-0.25, -0.2) is 0 Å². The van der Waals surface area contributed by atoms with Gasteiger partial charge in [0.25, 0.3) is 0 Å². The highest BCUT2D eigenvalue weighted by atomic mass is 16.1. The van der Waals surface area contributed by atoms with Gasteiger partial charge in [-0.15, -0.1) is 5.10 Å². The molecule has 0 radical (unpaired) electrons. The molecule has 0 atom stereocenters. The molecule has 0 unspecified atom stereocenters. The summed E-state index contributed by atoms with van der Waals surface area (Å²) < 4.78 is 0. The van der Waals surface area contributed by atoms with Crippen molar-refractivity contribution in [2.75, 3.05) is 16.0 Å². The Balaban J connectivity index is 1.71. The Hall–Kier alpha value is -3.48. The number of amides is 1. The standard InChI is InChI=1S/C20H22N6O/c1-13(2)15-7-9-16(10-8-15)23-19-12-21-26-20(25-19)24-18-6-4-5-17(11-18)22-14(3)27/h4-13H,1-3H3,(H,22,27)(H2,23,24,25,26). The monoisotopic (exact) mass is 362 g/mol. The molecule has 1 aromatic heterocycles. The molecule has 0 spiro atoms. The van der Waals surface area contributed by atoms with Gasteiger partial charge in [0.2, 0.25) is 11.9 Å². The van der Waals surface area contributed by atoms with Crippen molar-refractivity contribution in [1.82, 2.24) is 15.2 Å². The molecule has 7 nitrogen and oxygen atoms in total. The molecule has 0 aliphatic rings. The summed E-state index contributed by atoms with van der Waals surface area (Å²) in [4.78, 5) is 15.6. The molecule has 0 fully saturated rings. The van der Waals surface area contributed by atoms with Crippen molar-refractivity contribution in [2.45, 2.75) is 26.7 Å². The first-order chi connectivity index (χ1) is 13.0. The Kier molecular flexibility index (Phi) is 5.61. The zero-order chi connectivity index (χ0) is 19.2. The Bertz CT molecular complexity index is 924. The average Bonchev–Trinajstić information content (AvgIpc) is 2.62. The van der Waals surface area contributed by atoms with Crippen LogP contribution in [0.4, 0.5) is 28.8 Å². The normalized spacial score (nSPS) is 10.5. The number of rotatable bonds is 6. The molecule has 3 rings (SSSR count). The highest BCUT2D eigenvalue weighted by molar-refractivity contribution is 5.89. The van der Waals surface area contributed by atoms with Crippen molar-refractivity contribution < 1.29 is 4.79 Å². The molecule has 0 bridgehead atoms. The maximum absolute atomic E-state index is 11.2. The molecule has 7 heteroatoms. The third-order valence-corrected chi connectivity index (χ3v) is 3.85. The van der Waals surface area contributed by atoms with Crippen molar-refractivity contribution in [3.05, 3.63) is 60.3 Å². The number of nitrogens with one attached hydrogen (secondary N) is 3. The van der Waals surface area contributed by atoms with Gasteiger partial charge < -0.3 is 16.0 Å². The summed E-state index contributed by atoms with van der Waals surface area (Å²) in [6.07, 6.45) is 1.56. The molecule has 3 N–H and O–H groups in total. The third kappa shape index (κ3) is 5.24. The van der Waals surface area contributed by atoms with Crippen LogP contribution in [-0.4, -0.2) is 21.1 Å². The van der Waals surface area contributed by atoms with Crippen LogP contribution in [0.5, 0.6) is 0 Å². The van der Waals surface area contributed by atoms with E-state index >= 15 is 0 Å². The molecule has 0 aliphatic heterocycles. The van der Waals surface area contributed by atoms with Gasteiger partial charge >= 0.3 is 0 Å². The topological polar surface area (TPSA) is 91.8 Å². The summed E-state index contributed by atoms with van der Waals surface area (Å²) in [7, 11) is 0. The highest BCUT2D eigenvalue weighted by Gasteiger charge is 2.04. The van der Waals surface area contributed by atoms with Crippen LogP contribution in [0.3, 0.4) is 0 Å².